The molecule has 3 fully saturated rings. The van der Waals surface area contributed by atoms with Crippen LogP contribution in [-0.4, -0.2) is 51.4 Å². The third-order valence-electron chi connectivity index (χ3n) is 4.95. The van der Waals surface area contributed by atoms with Gasteiger partial charge in [-0.25, -0.2) is 9.50 Å². The molecule has 3 aromatic heterocycles. The fraction of sp³-hybridized carbons (Fsp3) is 0.389. The first-order chi connectivity index (χ1) is 12.3. The van der Waals surface area contributed by atoms with Crippen LogP contribution in [0.3, 0.4) is 0 Å². The largest absolute Gasteiger partial charge is 0.492 e. The molecule has 3 aromatic rings. The molecule has 0 spiro atoms. The van der Waals surface area contributed by atoms with Crippen molar-refractivity contribution in [3.05, 3.63) is 36.9 Å². The highest BCUT2D eigenvalue weighted by Crippen LogP contribution is 2.29. The normalized spacial score (nSPS) is 22.0. The minimum absolute atomic E-state index is 0.606. The van der Waals surface area contributed by atoms with E-state index in [1.165, 1.54) is 6.42 Å². The minimum atomic E-state index is 0.606. The minimum Gasteiger partial charge on any atom is -0.492 e. The first-order valence-corrected chi connectivity index (χ1v) is 8.74. The molecule has 2 unspecified atom stereocenters. The van der Waals surface area contributed by atoms with Crippen LogP contribution in [0.15, 0.2) is 36.9 Å². The number of nitrogens with one attached hydrogen (secondary N) is 1. The van der Waals surface area contributed by atoms with Crippen molar-refractivity contribution in [2.75, 3.05) is 24.6 Å². The summed E-state index contributed by atoms with van der Waals surface area (Å²) in [5, 5.41) is 7.86. The molecule has 25 heavy (non-hydrogen) atoms. The number of aromatic nitrogens is 4. The lowest BCUT2D eigenvalue weighted by molar-refractivity contribution is 0.225. The second kappa shape index (κ2) is 5.70. The number of hydrogen-bond donors (Lipinski definition) is 1. The zero-order valence-corrected chi connectivity index (χ0v) is 14.1. The van der Waals surface area contributed by atoms with Crippen molar-refractivity contribution >= 4 is 11.3 Å². The molecule has 2 bridgehead atoms. The maximum Gasteiger partial charge on any atom is 0.147 e. The maximum atomic E-state index is 5.66. The van der Waals surface area contributed by atoms with Gasteiger partial charge in [-0.15, -0.1) is 0 Å². The van der Waals surface area contributed by atoms with E-state index in [4.69, 9.17) is 4.74 Å². The Morgan fingerprint density at radius 2 is 2.08 bits per heavy atom. The predicted molar refractivity (Wildman–Crippen MR) is 94.9 cm³/mol. The average Bonchev–Trinajstić information content (AvgIpc) is 3.10. The van der Waals surface area contributed by atoms with Crippen molar-refractivity contribution in [2.45, 2.75) is 25.4 Å². The molecular weight excluding hydrogens is 316 g/mol. The number of hydrogen-bond acceptors (Lipinski definition) is 6. The lowest BCUT2D eigenvalue weighted by Crippen LogP contribution is -2.67. The van der Waals surface area contributed by atoms with Crippen molar-refractivity contribution < 1.29 is 4.74 Å². The van der Waals surface area contributed by atoms with Crippen LogP contribution in [0.5, 0.6) is 5.75 Å². The van der Waals surface area contributed by atoms with Crippen LogP contribution >= 0.6 is 0 Å². The van der Waals surface area contributed by atoms with Crippen molar-refractivity contribution in [3.8, 4) is 17.0 Å². The zero-order chi connectivity index (χ0) is 16.8. The first-order valence-electron chi connectivity index (χ1n) is 8.74. The van der Waals surface area contributed by atoms with Gasteiger partial charge in [0, 0.05) is 30.7 Å². The third kappa shape index (κ3) is 2.51. The van der Waals surface area contributed by atoms with E-state index in [-0.39, 0.29) is 0 Å². The lowest BCUT2D eigenvalue weighted by Gasteiger charge is -2.48. The van der Waals surface area contributed by atoms with Crippen LogP contribution in [-0.2, 0) is 0 Å². The Hall–Kier alpha value is -2.67. The van der Waals surface area contributed by atoms with E-state index >= 15 is 0 Å². The van der Waals surface area contributed by atoms with Gasteiger partial charge in [-0.2, -0.15) is 5.10 Å². The fourth-order valence-corrected chi connectivity index (χ4v) is 3.78. The van der Waals surface area contributed by atoms with E-state index in [1.54, 1.807) is 6.20 Å². The number of piperazine rings is 1. The monoisotopic (exact) mass is 336 g/mol. The number of rotatable bonds is 4. The fourth-order valence-electron chi connectivity index (χ4n) is 3.78. The van der Waals surface area contributed by atoms with Crippen molar-refractivity contribution in [1.82, 2.24) is 24.9 Å². The predicted octanol–water partition coefficient (Wildman–Crippen LogP) is 1.74. The van der Waals surface area contributed by atoms with Gasteiger partial charge in [0.05, 0.1) is 42.6 Å². The van der Waals surface area contributed by atoms with Gasteiger partial charge in [-0.05, 0) is 25.5 Å². The molecule has 1 N–H and O–H groups in total. The third-order valence-corrected chi connectivity index (χ3v) is 4.95. The summed E-state index contributed by atoms with van der Waals surface area (Å²) in [6.07, 6.45) is 8.67. The second-order valence-electron chi connectivity index (χ2n) is 6.64. The molecule has 7 nitrogen and oxygen atoms in total. The van der Waals surface area contributed by atoms with Crippen LogP contribution in [0.25, 0.3) is 16.8 Å². The van der Waals surface area contributed by atoms with Crippen molar-refractivity contribution in [1.29, 1.82) is 0 Å². The number of fused-ring (bicyclic) bond motifs is 3. The molecule has 0 aromatic carbocycles. The van der Waals surface area contributed by atoms with E-state index < -0.39 is 0 Å². The Labute approximate surface area is 145 Å². The molecule has 3 aliphatic rings. The van der Waals surface area contributed by atoms with E-state index in [9.17, 15) is 0 Å². The molecule has 0 amide bonds. The highest BCUT2D eigenvalue weighted by Gasteiger charge is 2.36. The van der Waals surface area contributed by atoms with Gasteiger partial charge in [0.25, 0.3) is 0 Å². The molecule has 0 radical (unpaired) electrons. The Kier molecular flexibility index (Phi) is 3.34. The van der Waals surface area contributed by atoms with Crippen LogP contribution in [0.4, 0.5) is 5.82 Å². The smallest absolute Gasteiger partial charge is 0.147 e. The zero-order valence-electron chi connectivity index (χ0n) is 14.1. The van der Waals surface area contributed by atoms with Crippen LogP contribution in [0, 0.1) is 0 Å². The quantitative estimate of drug-likeness (QED) is 0.783. The molecule has 3 saturated heterocycles. The van der Waals surface area contributed by atoms with Gasteiger partial charge < -0.3 is 15.0 Å². The van der Waals surface area contributed by atoms with Crippen LogP contribution in [0.2, 0.25) is 0 Å². The highest BCUT2D eigenvalue weighted by molar-refractivity contribution is 5.78. The maximum absolute atomic E-state index is 5.66. The molecule has 0 aliphatic carbocycles. The summed E-state index contributed by atoms with van der Waals surface area (Å²) in [4.78, 5) is 11.7. The number of anilines is 1. The van der Waals surface area contributed by atoms with Crippen LogP contribution in [0.1, 0.15) is 13.3 Å². The summed E-state index contributed by atoms with van der Waals surface area (Å²) in [5.74, 6) is 1.73. The van der Waals surface area contributed by atoms with Gasteiger partial charge >= 0.3 is 0 Å². The van der Waals surface area contributed by atoms with Gasteiger partial charge in [-0.1, -0.05) is 0 Å². The Morgan fingerprint density at radius 3 is 2.80 bits per heavy atom. The van der Waals surface area contributed by atoms with Gasteiger partial charge in [-0.3, -0.25) is 4.98 Å². The number of ether oxygens (including phenoxy) is 1. The van der Waals surface area contributed by atoms with Crippen molar-refractivity contribution in [2.24, 2.45) is 0 Å². The molecule has 3 aliphatic heterocycles. The van der Waals surface area contributed by atoms with Gasteiger partial charge in [0.2, 0.25) is 0 Å². The molecule has 0 saturated carbocycles. The first kappa shape index (κ1) is 14.7. The summed E-state index contributed by atoms with van der Waals surface area (Å²) >= 11 is 0. The number of nitrogens with zero attached hydrogens (tertiary/aromatic N) is 5. The average molecular weight is 336 g/mol. The van der Waals surface area contributed by atoms with E-state index in [0.717, 1.165) is 41.4 Å². The summed E-state index contributed by atoms with van der Waals surface area (Å²) < 4.78 is 7.48. The standard InChI is InChI=1S/C18H20N6O/c1-2-25-14-6-15(17-3-4-21-24(17)11-14)16-7-20-18(8-19-16)23-9-12-5-13(10-23)22-12/h3-4,6-8,11-13,22H,2,5,9-10H2,1H3. The molecule has 7 heteroatoms. The molecule has 2 atom stereocenters. The van der Waals surface area contributed by atoms with E-state index in [2.05, 4.69) is 25.3 Å². The topological polar surface area (TPSA) is 67.6 Å². The molecule has 128 valence electrons. The Morgan fingerprint density at radius 1 is 1.24 bits per heavy atom. The van der Waals surface area contributed by atoms with Gasteiger partial charge in [0.1, 0.15) is 11.6 Å². The van der Waals surface area contributed by atoms with E-state index in [0.29, 0.717) is 18.7 Å². The molecular formula is C18H20N6O. The Balaban J connectivity index is 1.48. The molecule has 6 rings (SSSR count). The second-order valence-corrected chi connectivity index (χ2v) is 6.64. The lowest BCUT2D eigenvalue weighted by atomic mass is 9.91. The summed E-state index contributed by atoms with van der Waals surface area (Å²) in [6, 6.07) is 5.19. The number of pyridine rings is 1. The summed E-state index contributed by atoms with van der Waals surface area (Å²) in [5.41, 5.74) is 2.80. The summed E-state index contributed by atoms with van der Waals surface area (Å²) in [7, 11) is 0. The Bertz CT molecular complexity index is 890. The van der Waals surface area contributed by atoms with Crippen molar-refractivity contribution in [3.63, 3.8) is 0 Å². The van der Waals surface area contributed by atoms with Gasteiger partial charge in [0.15, 0.2) is 0 Å². The molecule has 6 heterocycles. The van der Waals surface area contributed by atoms with E-state index in [1.807, 2.05) is 42.2 Å². The highest BCUT2D eigenvalue weighted by atomic mass is 16.5. The summed E-state index contributed by atoms with van der Waals surface area (Å²) in [6.45, 7) is 4.61. The van der Waals surface area contributed by atoms with Crippen LogP contribution < -0.4 is 15.0 Å². The number of piperidine rings is 1. The SMILES string of the molecule is CCOc1cc(-c2cnc(N3CC4CC(C3)N4)cn2)c2ccnn2c1.